The van der Waals surface area contributed by atoms with Gasteiger partial charge in [0.2, 0.25) is 0 Å². The quantitative estimate of drug-likeness (QED) is 0.945. The van der Waals surface area contributed by atoms with Crippen LogP contribution < -0.4 is 10.5 Å². The van der Waals surface area contributed by atoms with E-state index in [2.05, 4.69) is 22.9 Å². The van der Waals surface area contributed by atoms with Crippen LogP contribution in [-0.4, -0.2) is 41.1 Å². The van der Waals surface area contributed by atoms with Gasteiger partial charge in [0.1, 0.15) is 11.6 Å². The van der Waals surface area contributed by atoms with Crippen molar-refractivity contribution < 1.29 is 4.74 Å². The zero-order chi connectivity index (χ0) is 14.8. The number of nitrogens with zero attached hydrogens (tertiary/aromatic N) is 2. The van der Waals surface area contributed by atoms with Crippen LogP contribution in [0.4, 0.5) is 5.82 Å². The minimum Gasteiger partial charge on any atom is -0.497 e. The maximum atomic E-state index is 6.16. The van der Waals surface area contributed by atoms with Crippen LogP contribution in [0.1, 0.15) is 12.5 Å². The van der Waals surface area contributed by atoms with Gasteiger partial charge >= 0.3 is 0 Å². The number of ether oxygens (including phenoxy) is 1. The standard InChI is InChI=1S/C16H21N3OS/c1-11-10-21-6-5-19(11)9-13-7-12-3-4-14(20-2)8-15(12)18-16(13)17/h3-4,7-8,11H,5-6,9-10H2,1-2H3,(H2,17,18). The molecule has 1 aliphatic rings. The maximum absolute atomic E-state index is 6.16. The Morgan fingerprint density at radius 3 is 3.05 bits per heavy atom. The highest BCUT2D eigenvalue weighted by Gasteiger charge is 2.19. The number of hydrogen-bond acceptors (Lipinski definition) is 5. The Kier molecular flexibility index (Phi) is 4.22. The summed E-state index contributed by atoms with van der Waals surface area (Å²) in [6.45, 7) is 4.27. The molecule has 1 atom stereocenters. The van der Waals surface area contributed by atoms with Gasteiger partial charge in [0, 0.05) is 47.7 Å². The zero-order valence-electron chi connectivity index (χ0n) is 12.5. The topological polar surface area (TPSA) is 51.4 Å². The number of nitrogens with two attached hydrogens (primary N) is 1. The third-order valence-corrected chi connectivity index (χ3v) is 5.21. The van der Waals surface area contributed by atoms with Gasteiger partial charge < -0.3 is 10.5 Å². The average molecular weight is 303 g/mol. The van der Waals surface area contributed by atoms with Gasteiger partial charge in [0.15, 0.2) is 0 Å². The van der Waals surface area contributed by atoms with Crippen molar-refractivity contribution in [3.63, 3.8) is 0 Å². The van der Waals surface area contributed by atoms with E-state index in [1.54, 1.807) is 7.11 Å². The molecule has 0 bridgehead atoms. The van der Waals surface area contributed by atoms with E-state index in [1.165, 1.54) is 11.5 Å². The van der Waals surface area contributed by atoms with Gasteiger partial charge in [0.05, 0.1) is 12.6 Å². The van der Waals surface area contributed by atoms with Gasteiger partial charge in [-0.3, -0.25) is 4.90 Å². The van der Waals surface area contributed by atoms with E-state index in [-0.39, 0.29) is 0 Å². The summed E-state index contributed by atoms with van der Waals surface area (Å²) in [5.41, 5.74) is 8.16. The number of aromatic nitrogens is 1. The van der Waals surface area contributed by atoms with Gasteiger partial charge in [-0.2, -0.15) is 11.8 Å². The van der Waals surface area contributed by atoms with E-state index in [9.17, 15) is 0 Å². The molecule has 21 heavy (non-hydrogen) atoms. The summed E-state index contributed by atoms with van der Waals surface area (Å²) in [4.78, 5) is 7.03. The van der Waals surface area contributed by atoms with Gasteiger partial charge in [-0.1, -0.05) is 0 Å². The van der Waals surface area contributed by atoms with Crippen molar-refractivity contribution in [2.75, 3.05) is 30.9 Å². The van der Waals surface area contributed by atoms with Crippen LogP contribution >= 0.6 is 11.8 Å². The van der Waals surface area contributed by atoms with Crippen molar-refractivity contribution >= 4 is 28.5 Å². The second kappa shape index (κ2) is 6.12. The predicted octanol–water partition coefficient (Wildman–Crippen LogP) is 2.76. The van der Waals surface area contributed by atoms with Crippen LogP contribution in [0.15, 0.2) is 24.3 Å². The van der Waals surface area contributed by atoms with Crippen molar-refractivity contribution in [1.29, 1.82) is 0 Å². The smallest absolute Gasteiger partial charge is 0.128 e. The first-order valence-corrected chi connectivity index (χ1v) is 8.38. The normalized spacial score (nSPS) is 19.8. The van der Waals surface area contributed by atoms with Crippen LogP contribution in [0, 0.1) is 0 Å². The summed E-state index contributed by atoms with van der Waals surface area (Å²) in [7, 11) is 1.66. The van der Waals surface area contributed by atoms with E-state index < -0.39 is 0 Å². The lowest BCUT2D eigenvalue weighted by atomic mass is 10.1. The lowest BCUT2D eigenvalue weighted by Gasteiger charge is -2.33. The number of hydrogen-bond donors (Lipinski definition) is 1. The number of anilines is 1. The first kappa shape index (κ1) is 14.5. The average Bonchev–Trinajstić information content (AvgIpc) is 2.49. The molecule has 2 aromatic rings. The van der Waals surface area contributed by atoms with Gasteiger partial charge in [-0.25, -0.2) is 4.98 Å². The largest absolute Gasteiger partial charge is 0.497 e. The van der Waals surface area contributed by atoms with E-state index in [0.717, 1.165) is 35.3 Å². The highest BCUT2D eigenvalue weighted by atomic mass is 32.2. The summed E-state index contributed by atoms with van der Waals surface area (Å²) < 4.78 is 5.24. The number of thioether (sulfide) groups is 1. The summed E-state index contributed by atoms with van der Waals surface area (Å²) in [5, 5.41) is 1.11. The van der Waals surface area contributed by atoms with Crippen LogP contribution in [0.25, 0.3) is 10.9 Å². The van der Waals surface area contributed by atoms with Crippen LogP contribution in [-0.2, 0) is 6.54 Å². The molecule has 3 rings (SSSR count). The van der Waals surface area contributed by atoms with Crippen molar-refractivity contribution in [3.05, 3.63) is 29.8 Å². The molecule has 0 radical (unpaired) electrons. The molecule has 0 aliphatic carbocycles. The van der Waals surface area contributed by atoms with Gasteiger partial charge in [-0.05, 0) is 25.1 Å². The number of methoxy groups -OCH3 is 1. The Morgan fingerprint density at radius 1 is 1.43 bits per heavy atom. The first-order valence-electron chi connectivity index (χ1n) is 7.22. The number of nitrogen functional groups attached to an aromatic ring is 1. The molecule has 0 amide bonds. The molecule has 1 unspecified atom stereocenters. The van der Waals surface area contributed by atoms with Crippen molar-refractivity contribution in [2.45, 2.75) is 19.5 Å². The van der Waals surface area contributed by atoms with Crippen molar-refractivity contribution in [3.8, 4) is 5.75 Å². The molecule has 112 valence electrons. The fraction of sp³-hybridized carbons (Fsp3) is 0.438. The Labute approximate surface area is 129 Å². The third-order valence-electron chi connectivity index (χ3n) is 4.02. The Balaban J connectivity index is 1.90. The lowest BCUT2D eigenvalue weighted by Crippen LogP contribution is -2.39. The number of benzene rings is 1. The lowest BCUT2D eigenvalue weighted by molar-refractivity contribution is 0.224. The van der Waals surface area contributed by atoms with Crippen molar-refractivity contribution in [2.24, 2.45) is 0 Å². The minimum absolute atomic E-state index is 0.592. The molecule has 2 heterocycles. The summed E-state index contributed by atoms with van der Waals surface area (Å²) >= 11 is 2.03. The molecule has 0 spiro atoms. The van der Waals surface area contributed by atoms with Crippen LogP contribution in [0.2, 0.25) is 0 Å². The second-order valence-electron chi connectivity index (χ2n) is 5.49. The molecule has 1 aliphatic heterocycles. The molecule has 1 aromatic heterocycles. The molecule has 1 fully saturated rings. The Hall–Kier alpha value is -1.46. The van der Waals surface area contributed by atoms with E-state index in [0.29, 0.717) is 11.9 Å². The highest BCUT2D eigenvalue weighted by molar-refractivity contribution is 7.99. The monoisotopic (exact) mass is 303 g/mol. The van der Waals surface area contributed by atoms with Crippen LogP contribution in [0.3, 0.4) is 0 Å². The number of pyridine rings is 1. The number of rotatable bonds is 3. The second-order valence-corrected chi connectivity index (χ2v) is 6.64. The molecular formula is C16H21N3OS. The van der Waals surface area contributed by atoms with E-state index in [1.807, 2.05) is 30.0 Å². The van der Waals surface area contributed by atoms with E-state index >= 15 is 0 Å². The molecule has 5 heteroatoms. The summed E-state index contributed by atoms with van der Waals surface area (Å²) in [6, 6.07) is 8.68. The molecule has 4 nitrogen and oxygen atoms in total. The fourth-order valence-electron chi connectivity index (χ4n) is 2.67. The fourth-order valence-corrected chi connectivity index (χ4v) is 3.76. The SMILES string of the molecule is COc1ccc2cc(CN3CCSCC3C)c(N)nc2c1. The molecular weight excluding hydrogens is 282 g/mol. The highest BCUT2D eigenvalue weighted by Crippen LogP contribution is 2.25. The summed E-state index contributed by atoms with van der Waals surface area (Å²) in [5.74, 6) is 3.82. The van der Waals surface area contributed by atoms with Gasteiger partial charge in [-0.15, -0.1) is 0 Å². The molecule has 2 N–H and O–H groups in total. The third kappa shape index (κ3) is 3.09. The number of fused-ring (bicyclic) bond motifs is 1. The Bertz CT molecular complexity index is 647. The zero-order valence-corrected chi connectivity index (χ0v) is 13.3. The van der Waals surface area contributed by atoms with Crippen molar-refractivity contribution in [1.82, 2.24) is 9.88 Å². The van der Waals surface area contributed by atoms with E-state index in [4.69, 9.17) is 10.5 Å². The molecule has 1 saturated heterocycles. The first-order chi connectivity index (χ1) is 10.2. The Morgan fingerprint density at radius 2 is 2.29 bits per heavy atom. The molecule has 1 aromatic carbocycles. The maximum Gasteiger partial charge on any atom is 0.128 e. The van der Waals surface area contributed by atoms with Crippen LogP contribution in [0.5, 0.6) is 5.75 Å². The summed E-state index contributed by atoms with van der Waals surface area (Å²) in [6.07, 6.45) is 0. The molecule has 0 saturated carbocycles. The van der Waals surface area contributed by atoms with Gasteiger partial charge in [0.25, 0.3) is 0 Å². The predicted molar refractivity (Wildman–Crippen MR) is 89.9 cm³/mol. The minimum atomic E-state index is 0.592.